The van der Waals surface area contributed by atoms with E-state index in [4.69, 9.17) is 6.57 Å². The molecule has 8 heavy (non-hydrogen) atoms. The Morgan fingerprint density at radius 1 is 1.75 bits per heavy atom. The second kappa shape index (κ2) is 1.71. The van der Waals surface area contributed by atoms with E-state index in [0.29, 0.717) is 5.82 Å². The van der Waals surface area contributed by atoms with E-state index in [-0.39, 0.29) is 0 Å². The molecule has 1 aromatic heterocycles. The first-order chi connectivity index (χ1) is 3.84. The van der Waals surface area contributed by atoms with Gasteiger partial charge in [0.25, 0.3) is 0 Å². The van der Waals surface area contributed by atoms with Gasteiger partial charge in [0.05, 0.1) is 13.2 Å². The van der Waals surface area contributed by atoms with Gasteiger partial charge in [-0.05, 0) is 12.1 Å². The lowest BCUT2D eigenvalue weighted by Crippen LogP contribution is -1.78. The maximum atomic E-state index is 6.61. The Labute approximate surface area is 48.2 Å². The van der Waals surface area contributed by atoms with E-state index >= 15 is 0 Å². The molecule has 0 bridgehead atoms. The Balaban J connectivity index is 3.15. The van der Waals surface area contributed by atoms with Gasteiger partial charge in [-0.25, -0.2) is 0 Å². The van der Waals surface area contributed by atoms with E-state index in [1.807, 2.05) is 19.3 Å². The maximum absolute atomic E-state index is 6.61. The number of aryl methyl sites for hydroxylation is 1. The normalized spacial score (nSPS) is 8.50. The zero-order chi connectivity index (χ0) is 5.98. The van der Waals surface area contributed by atoms with Crippen LogP contribution in [0.5, 0.6) is 0 Å². The van der Waals surface area contributed by atoms with Gasteiger partial charge in [0, 0.05) is 0 Å². The first kappa shape index (κ1) is 4.92. The van der Waals surface area contributed by atoms with Gasteiger partial charge in [0.2, 0.25) is 5.82 Å². The number of hydrogen-bond acceptors (Lipinski definition) is 0. The lowest BCUT2D eigenvalue weighted by Gasteiger charge is -1.86. The van der Waals surface area contributed by atoms with Gasteiger partial charge >= 0.3 is 0 Å². The highest BCUT2D eigenvalue weighted by Gasteiger charge is 1.89. The second-order valence-corrected chi connectivity index (χ2v) is 1.59. The fraction of sp³-hybridized carbons (Fsp3) is 0.167. The minimum absolute atomic E-state index is 0.685. The molecular formula is C6H6N2. The van der Waals surface area contributed by atoms with Gasteiger partial charge in [0.1, 0.15) is 0 Å². The standard InChI is InChI=1S/C6H6N2/c1-7-6-4-3-5-8(6)2/h3-5H,2H3. The Kier molecular flexibility index (Phi) is 1.05. The maximum Gasteiger partial charge on any atom is 0.229 e. The third kappa shape index (κ3) is 0.584. The second-order valence-electron chi connectivity index (χ2n) is 1.59. The monoisotopic (exact) mass is 106 g/mol. The fourth-order valence-electron chi connectivity index (χ4n) is 0.568. The van der Waals surface area contributed by atoms with Gasteiger partial charge in [-0.3, -0.25) is 0 Å². The molecule has 0 atom stereocenters. The van der Waals surface area contributed by atoms with Crippen LogP contribution in [-0.4, -0.2) is 4.57 Å². The predicted molar refractivity (Wildman–Crippen MR) is 31.7 cm³/mol. The summed E-state index contributed by atoms with van der Waals surface area (Å²) < 4.78 is 1.78. The van der Waals surface area contributed by atoms with Crippen molar-refractivity contribution >= 4 is 5.82 Å². The van der Waals surface area contributed by atoms with Crippen LogP contribution in [0.3, 0.4) is 0 Å². The Morgan fingerprint density at radius 3 is 2.75 bits per heavy atom. The molecule has 2 heteroatoms. The molecule has 0 aromatic carbocycles. The van der Waals surface area contributed by atoms with Crippen molar-refractivity contribution in [3.8, 4) is 0 Å². The van der Waals surface area contributed by atoms with Crippen molar-refractivity contribution in [2.75, 3.05) is 0 Å². The molecule has 0 N–H and O–H groups in total. The van der Waals surface area contributed by atoms with Gasteiger partial charge in [0.15, 0.2) is 0 Å². The number of rotatable bonds is 0. The molecule has 0 aliphatic carbocycles. The van der Waals surface area contributed by atoms with E-state index in [1.54, 1.807) is 10.6 Å². The van der Waals surface area contributed by atoms with Crippen molar-refractivity contribution in [3.05, 3.63) is 29.7 Å². The van der Waals surface area contributed by atoms with Crippen molar-refractivity contribution in [1.82, 2.24) is 4.57 Å². The number of nitrogens with zero attached hydrogens (tertiary/aromatic N) is 2. The van der Waals surface area contributed by atoms with E-state index in [0.717, 1.165) is 0 Å². The summed E-state index contributed by atoms with van der Waals surface area (Å²) in [6.07, 6.45) is 1.85. The van der Waals surface area contributed by atoms with Crippen LogP contribution in [-0.2, 0) is 7.05 Å². The highest BCUT2D eigenvalue weighted by molar-refractivity contribution is 5.36. The minimum Gasteiger partial charge on any atom is -0.364 e. The van der Waals surface area contributed by atoms with E-state index in [2.05, 4.69) is 4.85 Å². The van der Waals surface area contributed by atoms with E-state index in [1.165, 1.54) is 0 Å². The highest BCUT2D eigenvalue weighted by atomic mass is 15.0. The summed E-state index contributed by atoms with van der Waals surface area (Å²) in [6, 6.07) is 3.64. The molecule has 1 heterocycles. The van der Waals surface area contributed by atoms with Gasteiger partial charge in [-0.1, -0.05) is 6.57 Å². The van der Waals surface area contributed by atoms with Crippen molar-refractivity contribution in [1.29, 1.82) is 0 Å². The zero-order valence-electron chi connectivity index (χ0n) is 4.63. The molecular weight excluding hydrogens is 100 g/mol. The van der Waals surface area contributed by atoms with Gasteiger partial charge < -0.3 is 9.41 Å². The zero-order valence-corrected chi connectivity index (χ0v) is 4.63. The molecule has 40 valence electrons. The molecule has 0 unspecified atom stereocenters. The molecule has 0 amide bonds. The summed E-state index contributed by atoms with van der Waals surface area (Å²) in [5, 5.41) is 0. The summed E-state index contributed by atoms with van der Waals surface area (Å²) in [6.45, 7) is 6.61. The van der Waals surface area contributed by atoms with Gasteiger partial charge in [-0.15, -0.1) is 0 Å². The third-order valence-corrected chi connectivity index (χ3v) is 1.03. The van der Waals surface area contributed by atoms with E-state index < -0.39 is 0 Å². The molecule has 0 aliphatic heterocycles. The number of aromatic nitrogens is 1. The van der Waals surface area contributed by atoms with Crippen LogP contribution in [0, 0.1) is 6.57 Å². The summed E-state index contributed by atoms with van der Waals surface area (Å²) in [4.78, 5) is 3.24. The SMILES string of the molecule is [C-]#[N+]c1cccn1C. The van der Waals surface area contributed by atoms with Gasteiger partial charge in [-0.2, -0.15) is 0 Å². The molecule has 0 radical (unpaired) electrons. The van der Waals surface area contributed by atoms with Crippen molar-refractivity contribution in [2.45, 2.75) is 0 Å². The van der Waals surface area contributed by atoms with Crippen molar-refractivity contribution in [2.24, 2.45) is 7.05 Å². The Hall–Kier alpha value is -1.23. The topological polar surface area (TPSA) is 9.29 Å². The highest BCUT2D eigenvalue weighted by Crippen LogP contribution is 2.08. The average Bonchev–Trinajstić information content (AvgIpc) is 2.14. The fourth-order valence-corrected chi connectivity index (χ4v) is 0.568. The van der Waals surface area contributed by atoms with Crippen LogP contribution in [0.15, 0.2) is 18.3 Å². The van der Waals surface area contributed by atoms with E-state index in [9.17, 15) is 0 Å². The van der Waals surface area contributed by atoms with Crippen LogP contribution < -0.4 is 0 Å². The lowest BCUT2D eigenvalue weighted by atomic mass is 10.6. The summed E-state index contributed by atoms with van der Waals surface area (Å²) in [7, 11) is 1.85. The molecule has 0 aliphatic rings. The Morgan fingerprint density at radius 2 is 2.50 bits per heavy atom. The molecule has 0 spiro atoms. The number of hydrogen-bond donors (Lipinski definition) is 0. The van der Waals surface area contributed by atoms with Crippen molar-refractivity contribution in [3.63, 3.8) is 0 Å². The first-order valence-corrected chi connectivity index (χ1v) is 2.33. The Bertz CT molecular complexity index is 217. The third-order valence-electron chi connectivity index (χ3n) is 1.03. The summed E-state index contributed by atoms with van der Waals surface area (Å²) in [5.74, 6) is 0.685. The van der Waals surface area contributed by atoms with Crippen LogP contribution in [0.25, 0.3) is 4.85 Å². The quantitative estimate of drug-likeness (QED) is 0.444. The molecule has 1 rings (SSSR count). The average molecular weight is 106 g/mol. The van der Waals surface area contributed by atoms with Crippen LogP contribution in [0.1, 0.15) is 0 Å². The smallest absolute Gasteiger partial charge is 0.229 e. The summed E-state index contributed by atoms with van der Waals surface area (Å²) >= 11 is 0. The molecule has 2 nitrogen and oxygen atoms in total. The van der Waals surface area contributed by atoms with Crippen LogP contribution >= 0.6 is 0 Å². The molecule has 0 saturated carbocycles. The van der Waals surface area contributed by atoms with Crippen molar-refractivity contribution < 1.29 is 0 Å². The lowest BCUT2D eigenvalue weighted by molar-refractivity contribution is 0.947. The van der Waals surface area contributed by atoms with Crippen LogP contribution in [0.2, 0.25) is 0 Å². The predicted octanol–water partition coefficient (Wildman–Crippen LogP) is 1.58. The van der Waals surface area contributed by atoms with Crippen LogP contribution in [0.4, 0.5) is 5.82 Å². The molecule has 0 saturated heterocycles. The minimum atomic E-state index is 0.685. The summed E-state index contributed by atoms with van der Waals surface area (Å²) in [5.41, 5.74) is 0. The molecule has 1 aromatic rings. The largest absolute Gasteiger partial charge is 0.364 e. The first-order valence-electron chi connectivity index (χ1n) is 2.33. The molecule has 0 fully saturated rings.